The molecule has 204 valence electrons. The Morgan fingerprint density at radius 2 is 1.24 bits per heavy atom. The fraction of sp³-hybridized carbons (Fsp3) is 0.211. The predicted molar refractivity (Wildman–Crippen MR) is 167 cm³/mol. The zero-order chi connectivity index (χ0) is 28.5. The second kappa shape index (κ2) is 9.01. The Morgan fingerprint density at radius 3 is 1.85 bits per heavy atom. The molecule has 0 saturated heterocycles. The van der Waals surface area contributed by atoms with Crippen LogP contribution in [0.2, 0.25) is 0 Å². The van der Waals surface area contributed by atoms with Crippen molar-refractivity contribution in [2.24, 2.45) is 0 Å². The van der Waals surface area contributed by atoms with Crippen molar-refractivity contribution in [2.45, 2.75) is 38.7 Å². The van der Waals surface area contributed by atoms with Crippen molar-refractivity contribution in [3.63, 3.8) is 0 Å². The molecular weight excluding hydrogens is 504 g/mol. The molecule has 0 fully saturated rings. The Bertz CT molecular complexity index is 1810. The first-order valence-electron chi connectivity index (χ1n) is 14.2. The van der Waals surface area contributed by atoms with Crippen LogP contribution >= 0.6 is 0 Å². The molecule has 0 bridgehead atoms. The Balaban J connectivity index is 1.54. The van der Waals surface area contributed by atoms with Crippen molar-refractivity contribution < 1.29 is 14.2 Å². The molecule has 0 atom stereocenters. The van der Waals surface area contributed by atoms with Crippen molar-refractivity contribution in [2.75, 3.05) is 14.2 Å². The van der Waals surface area contributed by atoms with E-state index in [0.29, 0.717) is 0 Å². The summed E-state index contributed by atoms with van der Waals surface area (Å²) in [6, 6.07) is 30.0. The van der Waals surface area contributed by atoms with Gasteiger partial charge in [-0.3, -0.25) is 0 Å². The van der Waals surface area contributed by atoms with Crippen LogP contribution in [0, 0.1) is 13.8 Å². The van der Waals surface area contributed by atoms with Crippen LogP contribution in [0.4, 0.5) is 0 Å². The van der Waals surface area contributed by atoms with Crippen LogP contribution < -0.4 is 14.2 Å². The van der Waals surface area contributed by atoms with Crippen molar-refractivity contribution >= 4 is 16.8 Å². The van der Waals surface area contributed by atoms with E-state index in [4.69, 9.17) is 14.2 Å². The van der Waals surface area contributed by atoms with Gasteiger partial charge in [-0.1, -0.05) is 91.7 Å². The molecule has 5 aromatic rings. The molecule has 3 heteroatoms. The Kier molecular flexibility index (Phi) is 5.59. The Hall–Kier alpha value is -4.50. The first kappa shape index (κ1) is 25.5. The van der Waals surface area contributed by atoms with Gasteiger partial charge in [0.1, 0.15) is 17.2 Å². The van der Waals surface area contributed by atoms with Gasteiger partial charge in [0.15, 0.2) is 5.60 Å². The van der Waals surface area contributed by atoms with Gasteiger partial charge in [0.25, 0.3) is 0 Å². The maximum Gasteiger partial charge on any atom is 0.178 e. The summed E-state index contributed by atoms with van der Waals surface area (Å²) >= 11 is 0. The van der Waals surface area contributed by atoms with Gasteiger partial charge in [0.2, 0.25) is 0 Å². The molecule has 2 aliphatic rings. The number of methoxy groups -OCH3 is 2. The van der Waals surface area contributed by atoms with E-state index < -0.39 is 5.60 Å². The molecule has 0 N–H and O–H groups in total. The first-order chi connectivity index (χ1) is 19.8. The fourth-order valence-electron chi connectivity index (χ4n) is 6.88. The van der Waals surface area contributed by atoms with Crippen LogP contribution in [0.5, 0.6) is 17.2 Å². The van der Waals surface area contributed by atoms with Gasteiger partial charge in [-0.25, -0.2) is 0 Å². The maximum absolute atomic E-state index is 7.36. The lowest BCUT2D eigenvalue weighted by Gasteiger charge is -2.38. The molecule has 3 nitrogen and oxygen atoms in total. The van der Waals surface area contributed by atoms with Gasteiger partial charge in [-0.05, 0) is 71.8 Å². The predicted octanol–water partition coefficient (Wildman–Crippen LogP) is 9.13. The third-order valence-electron chi connectivity index (χ3n) is 8.98. The Morgan fingerprint density at radius 1 is 0.659 bits per heavy atom. The monoisotopic (exact) mass is 538 g/mol. The summed E-state index contributed by atoms with van der Waals surface area (Å²) in [4.78, 5) is 0. The highest BCUT2D eigenvalue weighted by molar-refractivity contribution is 6.08. The molecule has 7 rings (SSSR count). The number of fused-ring (bicyclic) bond motifs is 8. The molecule has 0 unspecified atom stereocenters. The number of benzene rings is 5. The third kappa shape index (κ3) is 3.65. The summed E-state index contributed by atoms with van der Waals surface area (Å²) in [7, 11) is 3.38. The molecule has 1 aliphatic carbocycles. The second-order valence-corrected chi connectivity index (χ2v) is 11.8. The van der Waals surface area contributed by atoms with E-state index in [-0.39, 0.29) is 5.41 Å². The molecule has 0 amide bonds. The van der Waals surface area contributed by atoms with Gasteiger partial charge in [0.05, 0.1) is 14.2 Å². The number of hydrogen-bond donors (Lipinski definition) is 0. The van der Waals surface area contributed by atoms with Crippen molar-refractivity contribution in [3.05, 3.63) is 130 Å². The lowest BCUT2D eigenvalue weighted by Crippen LogP contribution is -2.35. The fourth-order valence-corrected chi connectivity index (χ4v) is 6.88. The molecule has 41 heavy (non-hydrogen) atoms. The van der Waals surface area contributed by atoms with Crippen LogP contribution in [0.3, 0.4) is 0 Å². The Labute approximate surface area is 242 Å². The first-order valence-corrected chi connectivity index (χ1v) is 14.2. The van der Waals surface area contributed by atoms with E-state index in [1.807, 2.05) is 24.3 Å². The minimum Gasteiger partial charge on any atom is -0.497 e. The van der Waals surface area contributed by atoms with E-state index in [9.17, 15) is 0 Å². The van der Waals surface area contributed by atoms with Crippen LogP contribution in [-0.4, -0.2) is 14.2 Å². The average Bonchev–Trinajstić information content (AvgIpc) is 3.23. The molecule has 0 radical (unpaired) electrons. The van der Waals surface area contributed by atoms with Crippen LogP contribution in [-0.2, 0) is 11.0 Å². The van der Waals surface area contributed by atoms with Gasteiger partial charge >= 0.3 is 0 Å². The van der Waals surface area contributed by atoms with Gasteiger partial charge in [-0.2, -0.15) is 0 Å². The maximum atomic E-state index is 7.36. The lowest BCUT2D eigenvalue weighted by molar-refractivity contribution is 0.163. The number of hydrogen-bond acceptors (Lipinski definition) is 3. The largest absolute Gasteiger partial charge is 0.497 e. The van der Waals surface area contributed by atoms with Crippen LogP contribution in [0.1, 0.15) is 52.8 Å². The van der Waals surface area contributed by atoms with Crippen LogP contribution in [0.25, 0.3) is 28.0 Å². The smallest absolute Gasteiger partial charge is 0.178 e. The summed E-state index contributed by atoms with van der Waals surface area (Å²) < 4.78 is 18.3. The van der Waals surface area contributed by atoms with E-state index >= 15 is 0 Å². The minimum atomic E-state index is -0.830. The van der Waals surface area contributed by atoms with Crippen LogP contribution in [0.15, 0.2) is 91.0 Å². The van der Waals surface area contributed by atoms with Crippen molar-refractivity contribution in [1.82, 2.24) is 0 Å². The highest BCUT2D eigenvalue weighted by Crippen LogP contribution is 2.58. The molecular formula is C38H34O3. The lowest BCUT2D eigenvalue weighted by atomic mass is 9.76. The highest BCUT2D eigenvalue weighted by atomic mass is 16.5. The van der Waals surface area contributed by atoms with E-state index in [2.05, 4.69) is 101 Å². The van der Waals surface area contributed by atoms with Gasteiger partial charge in [0, 0.05) is 27.5 Å². The molecule has 0 aromatic heterocycles. The molecule has 1 aliphatic heterocycles. The number of aryl methyl sites for hydroxylation is 2. The summed E-state index contributed by atoms with van der Waals surface area (Å²) in [6.45, 7) is 9.04. The number of rotatable bonds is 4. The normalized spacial score (nSPS) is 15.6. The summed E-state index contributed by atoms with van der Waals surface area (Å²) in [5.74, 6) is 2.55. The minimum absolute atomic E-state index is 0.172. The summed E-state index contributed by atoms with van der Waals surface area (Å²) in [5, 5.41) is 2.37. The zero-order valence-corrected chi connectivity index (χ0v) is 24.5. The summed E-state index contributed by atoms with van der Waals surface area (Å²) in [6.07, 6.45) is 4.52. The molecule has 1 heterocycles. The SMILES string of the molecule is COc1ccc(C2(c3ccc(OC)cc3)C=Cc3c4c(c5cc(C)ccc5c3O2)-c2cc(C)ccc2C4(C)C)cc1. The van der Waals surface area contributed by atoms with Gasteiger partial charge in [-0.15, -0.1) is 0 Å². The summed E-state index contributed by atoms with van der Waals surface area (Å²) in [5.41, 5.74) is 10.1. The van der Waals surface area contributed by atoms with E-state index in [1.54, 1.807) is 14.2 Å². The quantitative estimate of drug-likeness (QED) is 0.228. The third-order valence-corrected chi connectivity index (χ3v) is 8.98. The van der Waals surface area contributed by atoms with Crippen molar-refractivity contribution in [1.29, 1.82) is 0 Å². The van der Waals surface area contributed by atoms with E-state index in [1.165, 1.54) is 38.8 Å². The van der Waals surface area contributed by atoms with Gasteiger partial charge < -0.3 is 14.2 Å². The standard InChI is InChI=1S/C38H34O3/c1-23-7-17-29-31(21-23)34-32-22-24(2)8-18-33(32)37(3,4)35(34)30-19-20-38(41-36(29)30,25-9-13-27(39-5)14-10-25)26-11-15-28(40-6)16-12-26/h7-22H,1-6H3. The topological polar surface area (TPSA) is 27.7 Å². The molecule has 0 saturated carbocycles. The molecule has 0 spiro atoms. The average molecular weight is 539 g/mol. The van der Waals surface area contributed by atoms with E-state index in [0.717, 1.165) is 39.3 Å². The molecule has 5 aromatic carbocycles. The highest BCUT2D eigenvalue weighted by Gasteiger charge is 2.44. The second-order valence-electron chi connectivity index (χ2n) is 11.8. The zero-order valence-electron chi connectivity index (χ0n) is 24.5. The number of ether oxygens (including phenoxy) is 3. The van der Waals surface area contributed by atoms with Crippen molar-refractivity contribution in [3.8, 4) is 28.4 Å².